The standard InChI is InChI=1S/C13H20N2O5/c1-3-19-12(16)9-15(6-7-18-2)13(17)11-5-4-10(8-14)20-11/h4-5H,3,6-9,14H2,1-2H3. The van der Waals surface area contributed by atoms with Gasteiger partial charge in [0.25, 0.3) is 5.91 Å². The van der Waals surface area contributed by atoms with E-state index < -0.39 is 11.9 Å². The monoisotopic (exact) mass is 284 g/mol. The molecule has 0 fully saturated rings. The van der Waals surface area contributed by atoms with Crippen LogP contribution in [0.1, 0.15) is 23.2 Å². The van der Waals surface area contributed by atoms with Crippen LogP contribution in [0.5, 0.6) is 0 Å². The summed E-state index contributed by atoms with van der Waals surface area (Å²) in [7, 11) is 1.52. The molecule has 0 atom stereocenters. The van der Waals surface area contributed by atoms with E-state index in [1.807, 2.05) is 0 Å². The molecule has 0 aliphatic rings. The molecule has 20 heavy (non-hydrogen) atoms. The summed E-state index contributed by atoms with van der Waals surface area (Å²) in [5, 5.41) is 0. The maximum atomic E-state index is 12.2. The van der Waals surface area contributed by atoms with Crippen LogP contribution >= 0.6 is 0 Å². The van der Waals surface area contributed by atoms with Crippen LogP contribution in [0.4, 0.5) is 0 Å². The lowest BCUT2D eigenvalue weighted by atomic mass is 10.3. The molecule has 1 amide bonds. The highest BCUT2D eigenvalue weighted by Gasteiger charge is 2.22. The number of ether oxygens (including phenoxy) is 2. The molecule has 0 aliphatic carbocycles. The van der Waals surface area contributed by atoms with Gasteiger partial charge in [-0.25, -0.2) is 0 Å². The Morgan fingerprint density at radius 3 is 2.70 bits per heavy atom. The predicted octanol–water partition coefficient (Wildman–Crippen LogP) is 0.390. The third-order valence-corrected chi connectivity index (χ3v) is 2.55. The predicted molar refractivity (Wildman–Crippen MR) is 71.0 cm³/mol. The Balaban J connectivity index is 2.74. The second-order valence-electron chi connectivity index (χ2n) is 3.99. The van der Waals surface area contributed by atoms with Crippen molar-refractivity contribution in [2.24, 2.45) is 5.73 Å². The Morgan fingerprint density at radius 1 is 1.40 bits per heavy atom. The van der Waals surface area contributed by atoms with E-state index in [4.69, 9.17) is 19.6 Å². The van der Waals surface area contributed by atoms with E-state index in [2.05, 4.69) is 0 Å². The quantitative estimate of drug-likeness (QED) is 0.694. The van der Waals surface area contributed by atoms with Gasteiger partial charge in [-0.2, -0.15) is 0 Å². The van der Waals surface area contributed by atoms with Crippen LogP contribution in [0, 0.1) is 0 Å². The second-order valence-corrected chi connectivity index (χ2v) is 3.99. The van der Waals surface area contributed by atoms with E-state index in [0.717, 1.165) is 0 Å². The second kappa shape index (κ2) is 8.34. The van der Waals surface area contributed by atoms with Gasteiger partial charge in [0.1, 0.15) is 12.3 Å². The molecule has 7 nitrogen and oxygen atoms in total. The summed E-state index contributed by atoms with van der Waals surface area (Å²) >= 11 is 0. The molecule has 0 unspecified atom stereocenters. The summed E-state index contributed by atoms with van der Waals surface area (Å²) in [5.74, 6) is -0.209. The van der Waals surface area contributed by atoms with Crippen molar-refractivity contribution in [2.45, 2.75) is 13.5 Å². The maximum absolute atomic E-state index is 12.2. The first-order valence-corrected chi connectivity index (χ1v) is 6.35. The summed E-state index contributed by atoms with van der Waals surface area (Å²) < 4.78 is 15.1. The molecule has 1 rings (SSSR count). The van der Waals surface area contributed by atoms with Gasteiger partial charge < -0.3 is 24.5 Å². The van der Waals surface area contributed by atoms with Crippen molar-refractivity contribution < 1.29 is 23.5 Å². The first-order valence-electron chi connectivity index (χ1n) is 6.35. The zero-order valence-electron chi connectivity index (χ0n) is 11.8. The van der Waals surface area contributed by atoms with Crippen molar-refractivity contribution in [1.29, 1.82) is 0 Å². The molecule has 0 saturated heterocycles. The normalized spacial score (nSPS) is 10.3. The van der Waals surface area contributed by atoms with E-state index >= 15 is 0 Å². The van der Waals surface area contributed by atoms with E-state index in [-0.39, 0.29) is 32.0 Å². The van der Waals surface area contributed by atoms with Gasteiger partial charge >= 0.3 is 5.97 Å². The molecule has 0 saturated carbocycles. The summed E-state index contributed by atoms with van der Waals surface area (Å²) in [6.45, 7) is 2.63. The van der Waals surface area contributed by atoms with Crippen LogP contribution in [0.2, 0.25) is 0 Å². The Morgan fingerprint density at radius 2 is 2.15 bits per heavy atom. The number of rotatable bonds is 8. The molecule has 112 valence electrons. The fourth-order valence-corrected chi connectivity index (χ4v) is 1.57. The average molecular weight is 284 g/mol. The summed E-state index contributed by atoms with van der Waals surface area (Å²) in [6, 6.07) is 3.17. The maximum Gasteiger partial charge on any atom is 0.325 e. The first kappa shape index (κ1) is 16.2. The number of carbonyl (C=O) groups is 2. The summed E-state index contributed by atoms with van der Waals surface area (Å²) in [5.41, 5.74) is 5.43. The fraction of sp³-hybridized carbons (Fsp3) is 0.538. The molecule has 0 radical (unpaired) electrons. The third-order valence-electron chi connectivity index (χ3n) is 2.55. The molecule has 2 N–H and O–H groups in total. The number of nitrogens with zero attached hydrogens (tertiary/aromatic N) is 1. The zero-order valence-corrected chi connectivity index (χ0v) is 11.8. The highest BCUT2D eigenvalue weighted by atomic mass is 16.5. The van der Waals surface area contributed by atoms with Crippen LogP contribution in [0.15, 0.2) is 16.5 Å². The van der Waals surface area contributed by atoms with Crippen LogP contribution in [0.25, 0.3) is 0 Å². The van der Waals surface area contributed by atoms with Crippen LogP contribution in [-0.2, 0) is 20.8 Å². The lowest BCUT2D eigenvalue weighted by molar-refractivity contribution is -0.143. The molecular formula is C13H20N2O5. The molecular weight excluding hydrogens is 264 g/mol. The smallest absolute Gasteiger partial charge is 0.325 e. The van der Waals surface area contributed by atoms with Gasteiger partial charge in [0.2, 0.25) is 0 Å². The minimum absolute atomic E-state index is 0.144. The van der Waals surface area contributed by atoms with E-state index in [9.17, 15) is 9.59 Å². The third kappa shape index (κ3) is 4.67. The summed E-state index contributed by atoms with van der Waals surface area (Å²) in [4.78, 5) is 25.1. The molecule has 0 bridgehead atoms. The van der Waals surface area contributed by atoms with Crippen molar-refractivity contribution in [3.05, 3.63) is 23.7 Å². The number of furan rings is 1. The highest BCUT2D eigenvalue weighted by Crippen LogP contribution is 2.10. The number of hydrogen-bond acceptors (Lipinski definition) is 6. The Hall–Kier alpha value is -1.86. The molecule has 7 heteroatoms. The van der Waals surface area contributed by atoms with Crippen molar-refractivity contribution >= 4 is 11.9 Å². The van der Waals surface area contributed by atoms with Gasteiger partial charge in [-0.05, 0) is 19.1 Å². The van der Waals surface area contributed by atoms with E-state index in [1.54, 1.807) is 13.0 Å². The molecule has 0 spiro atoms. The van der Waals surface area contributed by atoms with Gasteiger partial charge in [0, 0.05) is 13.7 Å². The number of carbonyl (C=O) groups excluding carboxylic acids is 2. The highest BCUT2D eigenvalue weighted by molar-refractivity contribution is 5.93. The largest absolute Gasteiger partial charge is 0.465 e. The van der Waals surface area contributed by atoms with Crippen molar-refractivity contribution in [1.82, 2.24) is 4.90 Å². The van der Waals surface area contributed by atoms with Gasteiger partial charge in [0.05, 0.1) is 19.8 Å². The minimum atomic E-state index is -0.470. The van der Waals surface area contributed by atoms with E-state index in [0.29, 0.717) is 12.4 Å². The molecule has 1 aromatic heterocycles. The number of amides is 1. The lowest BCUT2D eigenvalue weighted by Gasteiger charge is -2.20. The fourth-order valence-electron chi connectivity index (χ4n) is 1.57. The Bertz CT molecular complexity index is 444. The SMILES string of the molecule is CCOC(=O)CN(CCOC)C(=O)c1ccc(CN)o1. The molecule has 1 heterocycles. The molecule has 1 aromatic rings. The number of methoxy groups -OCH3 is 1. The van der Waals surface area contributed by atoms with Gasteiger partial charge in [-0.1, -0.05) is 0 Å². The summed E-state index contributed by atoms with van der Waals surface area (Å²) in [6.07, 6.45) is 0. The Kier molecular flexibility index (Phi) is 6.75. The topological polar surface area (TPSA) is 95.0 Å². The number of nitrogens with two attached hydrogens (primary N) is 1. The van der Waals surface area contributed by atoms with Gasteiger partial charge in [-0.3, -0.25) is 9.59 Å². The van der Waals surface area contributed by atoms with Crippen molar-refractivity contribution in [2.75, 3.05) is 33.4 Å². The Labute approximate surface area is 117 Å². The van der Waals surface area contributed by atoms with Crippen molar-refractivity contribution in [3.63, 3.8) is 0 Å². The molecule has 0 aromatic carbocycles. The van der Waals surface area contributed by atoms with Crippen LogP contribution in [-0.4, -0.2) is 50.2 Å². The number of hydrogen-bond donors (Lipinski definition) is 1. The van der Waals surface area contributed by atoms with Crippen molar-refractivity contribution in [3.8, 4) is 0 Å². The number of esters is 1. The minimum Gasteiger partial charge on any atom is -0.465 e. The van der Waals surface area contributed by atoms with E-state index in [1.165, 1.54) is 18.1 Å². The van der Waals surface area contributed by atoms with Crippen LogP contribution in [0.3, 0.4) is 0 Å². The van der Waals surface area contributed by atoms with Gasteiger partial charge in [0.15, 0.2) is 5.76 Å². The molecule has 0 aliphatic heterocycles. The lowest BCUT2D eigenvalue weighted by Crippen LogP contribution is -2.38. The zero-order chi connectivity index (χ0) is 15.0. The van der Waals surface area contributed by atoms with Crippen LogP contribution < -0.4 is 5.73 Å². The van der Waals surface area contributed by atoms with Gasteiger partial charge in [-0.15, -0.1) is 0 Å². The average Bonchev–Trinajstić information content (AvgIpc) is 2.91. The first-order chi connectivity index (χ1) is 9.62.